The SMILES string of the molecule is COc1ccc(C(=O)N(C)Cc2ccccc2Br)cn1. The summed E-state index contributed by atoms with van der Waals surface area (Å²) in [4.78, 5) is 18.0. The van der Waals surface area contributed by atoms with Gasteiger partial charge in [-0.3, -0.25) is 4.79 Å². The molecule has 0 saturated carbocycles. The first kappa shape index (κ1) is 14.5. The van der Waals surface area contributed by atoms with Crippen LogP contribution >= 0.6 is 15.9 Å². The van der Waals surface area contributed by atoms with Gasteiger partial charge in [-0.2, -0.15) is 0 Å². The number of hydrogen-bond donors (Lipinski definition) is 0. The van der Waals surface area contributed by atoms with Gasteiger partial charge in [0.05, 0.1) is 12.7 Å². The third-order valence-electron chi connectivity index (χ3n) is 2.90. The van der Waals surface area contributed by atoms with E-state index in [1.807, 2.05) is 24.3 Å². The summed E-state index contributed by atoms with van der Waals surface area (Å²) in [7, 11) is 3.31. The van der Waals surface area contributed by atoms with E-state index in [9.17, 15) is 4.79 Å². The number of hydrogen-bond acceptors (Lipinski definition) is 3. The van der Waals surface area contributed by atoms with E-state index in [0.717, 1.165) is 10.0 Å². The lowest BCUT2D eigenvalue weighted by Gasteiger charge is -2.18. The number of pyridine rings is 1. The fourth-order valence-electron chi connectivity index (χ4n) is 1.80. The van der Waals surface area contributed by atoms with E-state index in [-0.39, 0.29) is 5.91 Å². The number of amides is 1. The van der Waals surface area contributed by atoms with Gasteiger partial charge in [0.15, 0.2) is 0 Å². The van der Waals surface area contributed by atoms with Crippen LogP contribution in [-0.2, 0) is 6.54 Å². The normalized spacial score (nSPS) is 10.2. The molecule has 1 heterocycles. The van der Waals surface area contributed by atoms with Crippen molar-refractivity contribution in [3.63, 3.8) is 0 Å². The molecule has 4 nitrogen and oxygen atoms in total. The molecule has 2 aromatic rings. The lowest BCUT2D eigenvalue weighted by atomic mass is 10.2. The number of benzene rings is 1. The molecule has 0 N–H and O–H groups in total. The minimum absolute atomic E-state index is 0.0732. The Morgan fingerprint density at radius 1 is 1.30 bits per heavy atom. The summed E-state index contributed by atoms with van der Waals surface area (Å²) in [6, 6.07) is 11.2. The second-order valence-corrected chi connectivity index (χ2v) is 5.20. The summed E-state index contributed by atoms with van der Waals surface area (Å²) >= 11 is 3.48. The fourth-order valence-corrected chi connectivity index (χ4v) is 2.21. The van der Waals surface area contributed by atoms with Gasteiger partial charge in [0.1, 0.15) is 0 Å². The van der Waals surface area contributed by atoms with E-state index in [4.69, 9.17) is 4.74 Å². The van der Waals surface area contributed by atoms with Crippen LogP contribution < -0.4 is 4.74 Å². The van der Waals surface area contributed by atoms with E-state index in [0.29, 0.717) is 18.0 Å². The molecule has 2 rings (SSSR count). The molecule has 0 saturated heterocycles. The molecule has 0 atom stereocenters. The second kappa shape index (κ2) is 6.52. The largest absolute Gasteiger partial charge is 0.481 e. The van der Waals surface area contributed by atoms with Crippen molar-refractivity contribution < 1.29 is 9.53 Å². The predicted octanol–water partition coefficient (Wildman–Crippen LogP) is 3.12. The second-order valence-electron chi connectivity index (χ2n) is 4.34. The van der Waals surface area contributed by atoms with Gasteiger partial charge in [0.2, 0.25) is 5.88 Å². The van der Waals surface area contributed by atoms with Gasteiger partial charge in [-0.15, -0.1) is 0 Å². The molecule has 0 aliphatic rings. The maximum absolute atomic E-state index is 12.3. The van der Waals surface area contributed by atoms with Crippen LogP contribution in [0.3, 0.4) is 0 Å². The van der Waals surface area contributed by atoms with E-state index < -0.39 is 0 Å². The van der Waals surface area contributed by atoms with Gasteiger partial charge < -0.3 is 9.64 Å². The van der Waals surface area contributed by atoms with Crippen molar-refractivity contribution >= 4 is 21.8 Å². The van der Waals surface area contributed by atoms with Crippen LogP contribution in [0.25, 0.3) is 0 Å². The molecule has 5 heteroatoms. The summed E-state index contributed by atoms with van der Waals surface area (Å²) in [5, 5.41) is 0. The third kappa shape index (κ3) is 3.36. The zero-order chi connectivity index (χ0) is 14.5. The van der Waals surface area contributed by atoms with Crippen LogP contribution in [0.5, 0.6) is 5.88 Å². The number of halogens is 1. The summed E-state index contributed by atoms with van der Waals surface area (Å²) in [5.74, 6) is 0.422. The highest BCUT2D eigenvalue weighted by Gasteiger charge is 2.13. The molecule has 0 bridgehead atoms. The average molecular weight is 335 g/mol. The van der Waals surface area contributed by atoms with Gasteiger partial charge in [-0.1, -0.05) is 34.1 Å². The third-order valence-corrected chi connectivity index (χ3v) is 3.68. The molecular weight excluding hydrogens is 320 g/mol. The van der Waals surface area contributed by atoms with Crippen LogP contribution in [0.2, 0.25) is 0 Å². The molecule has 1 amide bonds. The van der Waals surface area contributed by atoms with E-state index in [1.54, 1.807) is 31.2 Å². The van der Waals surface area contributed by atoms with Crippen molar-refractivity contribution in [2.24, 2.45) is 0 Å². The zero-order valence-corrected chi connectivity index (χ0v) is 12.9. The van der Waals surface area contributed by atoms with Crippen LogP contribution in [0, 0.1) is 0 Å². The summed E-state index contributed by atoms with van der Waals surface area (Å²) in [6.45, 7) is 0.534. The molecular formula is C15H15BrN2O2. The molecule has 104 valence electrons. The van der Waals surface area contributed by atoms with Crippen molar-refractivity contribution in [1.29, 1.82) is 0 Å². The minimum Gasteiger partial charge on any atom is -0.481 e. The number of rotatable bonds is 4. The first-order valence-electron chi connectivity index (χ1n) is 6.10. The maximum atomic E-state index is 12.3. The molecule has 20 heavy (non-hydrogen) atoms. The van der Waals surface area contributed by atoms with Crippen molar-refractivity contribution in [3.8, 4) is 5.88 Å². The molecule has 0 spiro atoms. The number of ether oxygens (including phenoxy) is 1. The van der Waals surface area contributed by atoms with Gasteiger partial charge in [-0.25, -0.2) is 4.98 Å². The van der Waals surface area contributed by atoms with Crippen LogP contribution in [-0.4, -0.2) is 29.9 Å². The van der Waals surface area contributed by atoms with Gasteiger partial charge in [0.25, 0.3) is 5.91 Å². The maximum Gasteiger partial charge on any atom is 0.255 e. The number of carbonyl (C=O) groups excluding carboxylic acids is 1. The number of carbonyl (C=O) groups is 1. The lowest BCUT2D eigenvalue weighted by Crippen LogP contribution is -2.26. The van der Waals surface area contributed by atoms with Crippen LogP contribution in [0.4, 0.5) is 0 Å². The minimum atomic E-state index is -0.0732. The fraction of sp³-hybridized carbons (Fsp3) is 0.200. The summed E-state index contributed by atoms with van der Waals surface area (Å²) in [5.41, 5.74) is 1.60. The molecule has 1 aromatic carbocycles. The zero-order valence-electron chi connectivity index (χ0n) is 11.3. The van der Waals surface area contributed by atoms with Gasteiger partial charge in [-0.05, 0) is 17.7 Å². The highest BCUT2D eigenvalue weighted by atomic mass is 79.9. The van der Waals surface area contributed by atoms with Crippen molar-refractivity contribution in [2.75, 3.05) is 14.2 Å². The molecule has 0 radical (unpaired) electrons. The van der Waals surface area contributed by atoms with Crippen molar-refractivity contribution in [3.05, 3.63) is 58.2 Å². The Morgan fingerprint density at radius 2 is 2.05 bits per heavy atom. The van der Waals surface area contributed by atoms with Crippen LogP contribution in [0.1, 0.15) is 15.9 Å². The van der Waals surface area contributed by atoms with Crippen molar-refractivity contribution in [1.82, 2.24) is 9.88 Å². The molecule has 0 unspecified atom stereocenters. The van der Waals surface area contributed by atoms with E-state index >= 15 is 0 Å². The summed E-state index contributed by atoms with van der Waals surface area (Å²) in [6.07, 6.45) is 1.53. The molecule has 0 aliphatic carbocycles. The van der Waals surface area contributed by atoms with Crippen LogP contribution in [0.15, 0.2) is 47.1 Å². The Hall–Kier alpha value is -1.88. The Balaban J connectivity index is 2.10. The van der Waals surface area contributed by atoms with Gasteiger partial charge in [0, 0.05) is 30.3 Å². The standard InChI is InChI=1S/C15H15BrN2O2/c1-18(10-12-5-3-4-6-13(12)16)15(19)11-7-8-14(20-2)17-9-11/h3-9H,10H2,1-2H3. The number of nitrogens with zero attached hydrogens (tertiary/aromatic N) is 2. The topological polar surface area (TPSA) is 42.4 Å². The quantitative estimate of drug-likeness (QED) is 0.862. The van der Waals surface area contributed by atoms with Crippen molar-refractivity contribution in [2.45, 2.75) is 6.54 Å². The Labute approximate surface area is 126 Å². The summed E-state index contributed by atoms with van der Waals surface area (Å²) < 4.78 is 5.97. The molecule has 0 aliphatic heterocycles. The number of aromatic nitrogens is 1. The first-order chi connectivity index (χ1) is 9.61. The monoisotopic (exact) mass is 334 g/mol. The highest BCUT2D eigenvalue weighted by molar-refractivity contribution is 9.10. The molecule has 0 fully saturated rings. The smallest absolute Gasteiger partial charge is 0.255 e. The Kier molecular flexibility index (Phi) is 4.74. The predicted molar refractivity (Wildman–Crippen MR) is 80.7 cm³/mol. The highest BCUT2D eigenvalue weighted by Crippen LogP contribution is 2.18. The van der Waals surface area contributed by atoms with E-state index in [1.165, 1.54) is 6.20 Å². The van der Waals surface area contributed by atoms with Gasteiger partial charge >= 0.3 is 0 Å². The first-order valence-corrected chi connectivity index (χ1v) is 6.90. The average Bonchev–Trinajstić information content (AvgIpc) is 2.49. The number of methoxy groups -OCH3 is 1. The Morgan fingerprint density at radius 3 is 2.65 bits per heavy atom. The Bertz CT molecular complexity index is 599. The van der Waals surface area contributed by atoms with E-state index in [2.05, 4.69) is 20.9 Å². The lowest BCUT2D eigenvalue weighted by molar-refractivity contribution is 0.0784. The molecule has 1 aromatic heterocycles.